The fourth-order valence-corrected chi connectivity index (χ4v) is 3.14. The number of hydrogen-bond acceptors (Lipinski definition) is 4. The highest BCUT2D eigenvalue weighted by Gasteiger charge is 2.36. The maximum atomic E-state index is 12.4. The maximum Gasteiger partial charge on any atom is 0.405 e. The quantitative estimate of drug-likeness (QED) is 0.894. The topological polar surface area (TPSA) is 72.3 Å². The average Bonchev–Trinajstić information content (AvgIpc) is 2.99. The summed E-state index contributed by atoms with van der Waals surface area (Å²) in [5.41, 5.74) is 11.9. The third-order valence-corrected chi connectivity index (χ3v) is 4.29. The Labute approximate surface area is 112 Å². The van der Waals surface area contributed by atoms with Crippen molar-refractivity contribution in [3.8, 4) is 0 Å². The van der Waals surface area contributed by atoms with Crippen LogP contribution < -0.4 is 16.4 Å². The van der Waals surface area contributed by atoms with Gasteiger partial charge in [-0.05, 0) is 18.8 Å². The molecule has 1 saturated carbocycles. The highest BCUT2D eigenvalue weighted by atomic mass is 32.1. The summed E-state index contributed by atoms with van der Waals surface area (Å²) >= 11 is 0.938. The standard InChI is InChI=1S/C11H14F3N3OS/c1-17(4-11(12,13)14)10-6(5-2-3-5)7(15)8(19-10)9(16)18/h5H,2-4,15H2,1H3,(H2,16,18). The number of hydrogen-bond donors (Lipinski definition) is 2. The molecule has 1 aliphatic rings. The number of alkyl halides is 3. The van der Waals surface area contributed by atoms with Crippen LogP contribution in [0.1, 0.15) is 34.0 Å². The molecule has 0 atom stereocenters. The van der Waals surface area contributed by atoms with Crippen molar-refractivity contribution in [3.05, 3.63) is 10.4 Å². The lowest BCUT2D eigenvalue weighted by molar-refractivity contribution is -0.119. The molecule has 106 valence electrons. The molecule has 1 heterocycles. The lowest BCUT2D eigenvalue weighted by Gasteiger charge is -2.20. The number of nitrogens with two attached hydrogens (primary N) is 2. The first-order valence-corrected chi connectivity index (χ1v) is 6.52. The lowest BCUT2D eigenvalue weighted by Crippen LogP contribution is -2.30. The predicted octanol–water partition coefficient (Wildman–Crippen LogP) is 2.31. The van der Waals surface area contributed by atoms with E-state index in [9.17, 15) is 18.0 Å². The van der Waals surface area contributed by atoms with Crippen LogP contribution in [0.3, 0.4) is 0 Å². The molecular formula is C11H14F3N3OS. The van der Waals surface area contributed by atoms with Crippen LogP contribution in [-0.4, -0.2) is 25.7 Å². The van der Waals surface area contributed by atoms with Gasteiger partial charge in [0.25, 0.3) is 5.91 Å². The maximum absolute atomic E-state index is 12.4. The van der Waals surface area contributed by atoms with Crippen molar-refractivity contribution >= 4 is 27.9 Å². The third kappa shape index (κ3) is 2.94. The van der Waals surface area contributed by atoms with Crippen LogP contribution >= 0.6 is 11.3 Å². The Balaban J connectivity index is 2.38. The van der Waals surface area contributed by atoms with Crippen LogP contribution in [0.2, 0.25) is 0 Å². The third-order valence-electron chi connectivity index (χ3n) is 2.94. The fraction of sp³-hybridized carbons (Fsp3) is 0.545. The number of thiophene rings is 1. The van der Waals surface area contributed by atoms with Crippen molar-refractivity contribution in [1.29, 1.82) is 0 Å². The molecule has 1 amide bonds. The van der Waals surface area contributed by atoms with Gasteiger partial charge < -0.3 is 16.4 Å². The molecular weight excluding hydrogens is 279 g/mol. The molecule has 4 N–H and O–H groups in total. The molecule has 1 aliphatic carbocycles. The van der Waals surface area contributed by atoms with Crippen LogP contribution in [0, 0.1) is 0 Å². The van der Waals surface area contributed by atoms with E-state index in [0.717, 1.165) is 29.1 Å². The molecule has 0 spiro atoms. The van der Waals surface area contributed by atoms with E-state index in [-0.39, 0.29) is 16.5 Å². The largest absolute Gasteiger partial charge is 0.405 e. The molecule has 0 bridgehead atoms. The van der Waals surface area contributed by atoms with Crippen molar-refractivity contribution in [2.75, 3.05) is 24.2 Å². The minimum Gasteiger partial charge on any atom is -0.397 e. The Bertz CT molecular complexity index is 508. The second-order valence-electron chi connectivity index (χ2n) is 4.67. The Morgan fingerprint density at radius 3 is 2.47 bits per heavy atom. The number of nitrogen functional groups attached to an aromatic ring is 1. The minimum absolute atomic E-state index is 0.144. The number of rotatable bonds is 4. The van der Waals surface area contributed by atoms with E-state index in [1.807, 2.05) is 0 Å². The van der Waals surface area contributed by atoms with Gasteiger partial charge in [0.2, 0.25) is 0 Å². The van der Waals surface area contributed by atoms with Crippen molar-refractivity contribution < 1.29 is 18.0 Å². The first-order valence-electron chi connectivity index (χ1n) is 5.70. The monoisotopic (exact) mass is 293 g/mol. The summed E-state index contributed by atoms with van der Waals surface area (Å²) in [7, 11) is 1.34. The SMILES string of the molecule is CN(CC(F)(F)F)c1sc(C(N)=O)c(N)c1C1CC1. The van der Waals surface area contributed by atoms with Gasteiger partial charge in [-0.15, -0.1) is 11.3 Å². The molecule has 1 aromatic heterocycles. The molecule has 0 radical (unpaired) electrons. The summed E-state index contributed by atoms with van der Waals surface area (Å²) in [5.74, 6) is -0.550. The Morgan fingerprint density at radius 2 is 2.05 bits per heavy atom. The smallest absolute Gasteiger partial charge is 0.397 e. The molecule has 4 nitrogen and oxygen atoms in total. The van der Waals surface area contributed by atoms with Gasteiger partial charge in [-0.1, -0.05) is 0 Å². The summed E-state index contributed by atoms with van der Waals surface area (Å²) < 4.78 is 37.3. The number of carbonyl (C=O) groups is 1. The number of anilines is 2. The lowest BCUT2D eigenvalue weighted by atomic mass is 10.1. The highest BCUT2D eigenvalue weighted by Crippen LogP contribution is 2.51. The fourth-order valence-electron chi connectivity index (χ4n) is 2.02. The van der Waals surface area contributed by atoms with E-state index in [0.29, 0.717) is 10.6 Å². The first kappa shape index (κ1) is 14.0. The van der Waals surface area contributed by atoms with Gasteiger partial charge in [-0.25, -0.2) is 0 Å². The average molecular weight is 293 g/mol. The van der Waals surface area contributed by atoms with Crippen molar-refractivity contribution in [2.45, 2.75) is 24.9 Å². The highest BCUT2D eigenvalue weighted by molar-refractivity contribution is 7.18. The predicted molar refractivity (Wildman–Crippen MR) is 68.5 cm³/mol. The van der Waals surface area contributed by atoms with E-state index < -0.39 is 18.6 Å². The van der Waals surface area contributed by atoms with Gasteiger partial charge >= 0.3 is 6.18 Å². The van der Waals surface area contributed by atoms with Gasteiger partial charge in [0.1, 0.15) is 11.4 Å². The zero-order chi connectivity index (χ0) is 14.4. The summed E-state index contributed by atoms with van der Waals surface area (Å²) in [6, 6.07) is 0. The van der Waals surface area contributed by atoms with E-state index >= 15 is 0 Å². The Hall–Kier alpha value is -1.44. The van der Waals surface area contributed by atoms with Crippen molar-refractivity contribution in [2.24, 2.45) is 5.73 Å². The van der Waals surface area contributed by atoms with Gasteiger partial charge in [-0.3, -0.25) is 4.79 Å². The first-order chi connectivity index (χ1) is 8.70. The Morgan fingerprint density at radius 1 is 1.47 bits per heavy atom. The summed E-state index contributed by atoms with van der Waals surface area (Å²) in [6.45, 7) is -1.08. The molecule has 0 aromatic carbocycles. The number of nitrogens with zero attached hydrogens (tertiary/aromatic N) is 1. The number of primary amides is 1. The molecule has 0 unspecified atom stereocenters. The van der Waals surface area contributed by atoms with Crippen LogP contribution in [-0.2, 0) is 0 Å². The summed E-state index contributed by atoms with van der Waals surface area (Å²) in [5, 5.41) is 0.395. The summed E-state index contributed by atoms with van der Waals surface area (Å²) in [6.07, 6.45) is -2.54. The van der Waals surface area contributed by atoms with E-state index in [1.165, 1.54) is 7.05 Å². The van der Waals surface area contributed by atoms with Crippen LogP contribution in [0.5, 0.6) is 0 Å². The van der Waals surface area contributed by atoms with E-state index in [4.69, 9.17) is 11.5 Å². The molecule has 2 rings (SSSR count). The normalized spacial score (nSPS) is 15.6. The molecule has 8 heteroatoms. The molecule has 19 heavy (non-hydrogen) atoms. The Kier molecular flexibility index (Phi) is 3.38. The molecule has 0 saturated heterocycles. The molecule has 0 aliphatic heterocycles. The molecule has 1 fully saturated rings. The van der Waals surface area contributed by atoms with Crippen LogP contribution in [0.4, 0.5) is 23.9 Å². The number of halogens is 3. The second-order valence-corrected chi connectivity index (χ2v) is 5.67. The zero-order valence-corrected chi connectivity index (χ0v) is 11.1. The van der Waals surface area contributed by atoms with Crippen molar-refractivity contribution in [3.63, 3.8) is 0 Å². The van der Waals surface area contributed by atoms with Crippen LogP contribution in [0.15, 0.2) is 0 Å². The second kappa shape index (κ2) is 4.59. The van der Waals surface area contributed by atoms with E-state index in [2.05, 4.69) is 0 Å². The van der Waals surface area contributed by atoms with Crippen LogP contribution in [0.25, 0.3) is 0 Å². The molecule has 1 aromatic rings. The van der Waals surface area contributed by atoms with E-state index in [1.54, 1.807) is 0 Å². The van der Waals surface area contributed by atoms with Crippen molar-refractivity contribution in [1.82, 2.24) is 0 Å². The summed E-state index contributed by atoms with van der Waals surface area (Å²) in [4.78, 5) is 12.5. The van der Waals surface area contributed by atoms with Gasteiger partial charge in [0.05, 0.1) is 10.7 Å². The number of carbonyl (C=O) groups excluding carboxylic acids is 1. The van der Waals surface area contributed by atoms with Gasteiger partial charge in [-0.2, -0.15) is 13.2 Å². The van der Waals surface area contributed by atoms with Gasteiger partial charge in [0.15, 0.2) is 0 Å². The van der Waals surface area contributed by atoms with Gasteiger partial charge in [0, 0.05) is 12.6 Å². The number of amides is 1. The zero-order valence-electron chi connectivity index (χ0n) is 10.3. The minimum atomic E-state index is -4.30.